The monoisotopic (exact) mass is 389 g/mol. The first-order chi connectivity index (χ1) is 14.2. The number of nitrogens with zero attached hydrogens (tertiary/aromatic N) is 8. The second-order valence-electron chi connectivity index (χ2n) is 6.95. The molecule has 1 N–H and O–H groups in total. The zero-order valence-electron chi connectivity index (χ0n) is 15.9. The summed E-state index contributed by atoms with van der Waals surface area (Å²) in [4.78, 5) is 14.8. The van der Waals surface area contributed by atoms with Gasteiger partial charge >= 0.3 is 0 Å². The number of hydrogen-bond donors (Lipinski definition) is 1. The Bertz CT molecular complexity index is 1140. The van der Waals surface area contributed by atoms with Gasteiger partial charge in [0, 0.05) is 43.8 Å². The fraction of sp³-hybridized carbons (Fsp3) is 0.263. The topological polar surface area (TPSA) is 110 Å². The minimum atomic E-state index is -0.0902. The molecule has 10 heteroatoms. The number of H-pyrrole nitrogens is 1. The highest BCUT2D eigenvalue weighted by molar-refractivity contribution is 5.92. The van der Waals surface area contributed by atoms with E-state index >= 15 is 0 Å². The van der Waals surface area contributed by atoms with Gasteiger partial charge in [-0.05, 0) is 16.8 Å². The predicted molar refractivity (Wildman–Crippen MR) is 103 cm³/mol. The van der Waals surface area contributed by atoms with Crippen LogP contribution < -0.4 is 0 Å². The van der Waals surface area contributed by atoms with E-state index in [9.17, 15) is 4.79 Å². The summed E-state index contributed by atoms with van der Waals surface area (Å²) >= 11 is 0. The number of fused-ring (bicyclic) bond motifs is 1. The Morgan fingerprint density at radius 2 is 1.97 bits per heavy atom. The Kier molecular flexibility index (Phi) is 4.15. The highest BCUT2D eigenvalue weighted by Gasteiger charge is 2.26. The summed E-state index contributed by atoms with van der Waals surface area (Å²) in [5.74, 6) is 0.387. The Hall–Kier alpha value is -3.82. The molecule has 0 aliphatic carbocycles. The first-order valence-electron chi connectivity index (χ1n) is 9.39. The summed E-state index contributed by atoms with van der Waals surface area (Å²) in [7, 11) is 1.98. The van der Waals surface area contributed by atoms with Gasteiger partial charge in [0.1, 0.15) is 12.0 Å². The summed E-state index contributed by atoms with van der Waals surface area (Å²) in [6, 6.07) is 11.9. The summed E-state index contributed by atoms with van der Waals surface area (Å²) in [6.45, 7) is 1.23. The van der Waals surface area contributed by atoms with Crippen LogP contribution in [-0.2, 0) is 19.9 Å². The molecule has 0 bridgehead atoms. The van der Waals surface area contributed by atoms with Crippen molar-refractivity contribution >= 4 is 5.91 Å². The van der Waals surface area contributed by atoms with Crippen molar-refractivity contribution in [2.45, 2.75) is 12.8 Å². The predicted octanol–water partition coefficient (Wildman–Crippen LogP) is 1.03. The van der Waals surface area contributed by atoms with Crippen molar-refractivity contribution in [2.75, 3.05) is 13.1 Å². The number of carbonyl (C=O) groups is 1. The molecule has 1 amide bonds. The molecule has 0 saturated carbocycles. The van der Waals surface area contributed by atoms with Crippen molar-refractivity contribution in [1.29, 1.82) is 0 Å². The highest BCUT2D eigenvalue weighted by atomic mass is 16.2. The number of aryl methyl sites for hydroxylation is 1. The average molecular weight is 389 g/mol. The van der Waals surface area contributed by atoms with Crippen LogP contribution in [-0.4, -0.2) is 64.1 Å². The van der Waals surface area contributed by atoms with Gasteiger partial charge < -0.3 is 4.90 Å². The molecule has 1 aromatic carbocycles. The Labute approximate surface area is 166 Å². The minimum Gasteiger partial charge on any atom is -0.337 e. The molecule has 4 heterocycles. The maximum absolute atomic E-state index is 13.0. The molecule has 0 saturated heterocycles. The normalized spacial score (nSPS) is 13.9. The Balaban J connectivity index is 1.37. The van der Waals surface area contributed by atoms with Gasteiger partial charge in [-0.3, -0.25) is 14.6 Å². The van der Waals surface area contributed by atoms with Gasteiger partial charge in [0.2, 0.25) is 0 Å². The molecule has 146 valence electrons. The van der Waals surface area contributed by atoms with Gasteiger partial charge in [-0.2, -0.15) is 14.9 Å². The lowest BCUT2D eigenvalue weighted by Crippen LogP contribution is -2.33. The molecule has 10 nitrogen and oxygen atoms in total. The van der Waals surface area contributed by atoms with E-state index in [4.69, 9.17) is 5.10 Å². The molecule has 0 spiro atoms. The van der Waals surface area contributed by atoms with E-state index in [1.165, 1.54) is 16.6 Å². The SMILES string of the molecule is Cn1nc2c(c1-c1ccccc1)CCN(C(=O)c1cc(-n3cnnn3)n[nH]1)CC2. The lowest BCUT2D eigenvalue weighted by Gasteiger charge is -2.19. The second-order valence-corrected chi connectivity index (χ2v) is 6.95. The highest BCUT2D eigenvalue weighted by Crippen LogP contribution is 2.28. The van der Waals surface area contributed by atoms with Crippen LogP contribution in [0.15, 0.2) is 42.7 Å². The van der Waals surface area contributed by atoms with Gasteiger partial charge in [0.25, 0.3) is 5.91 Å². The van der Waals surface area contributed by atoms with Crippen molar-refractivity contribution in [3.05, 3.63) is 59.7 Å². The van der Waals surface area contributed by atoms with Crippen molar-refractivity contribution in [1.82, 2.24) is 45.1 Å². The number of aromatic amines is 1. The van der Waals surface area contributed by atoms with Gasteiger partial charge in [-0.15, -0.1) is 5.10 Å². The third-order valence-electron chi connectivity index (χ3n) is 5.19. The molecule has 4 aromatic rings. The number of rotatable bonds is 3. The molecular weight excluding hydrogens is 370 g/mol. The zero-order valence-corrected chi connectivity index (χ0v) is 15.9. The van der Waals surface area contributed by atoms with E-state index in [0.29, 0.717) is 24.6 Å². The number of carbonyl (C=O) groups excluding carboxylic acids is 1. The largest absolute Gasteiger partial charge is 0.337 e. The maximum atomic E-state index is 13.0. The second kappa shape index (κ2) is 6.97. The van der Waals surface area contributed by atoms with Crippen LogP contribution in [0.25, 0.3) is 17.1 Å². The average Bonchev–Trinajstić information content (AvgIpc) is 3.46. The van der Waals surface area contributed by atoms with Crippen LogP contribution in [0.5, 0.6) is 0 Å². The lowest BCUT2D eigenvalue weighted by molar-refractivity contribution is 0.0757. The standard InChI is InChI=1S/C19H19N9O/c1-26-18(13-5-3-2-4-6-13)14-7-9-27(10-8-15(14)23-26)19(29)16-11-17(22-21-16)28-12-20-24-25-28/h2-6,11-12H,7-10H2,1H3,(H,21,22). The van der Waals surface area contributed by atoms with Crippen LogP contribution in [0.1, 0.15) is 21.7 Å². The van der Waals surface area contributed by atoms with E-state index in [1.54, 1.807) is 6.07 Å². The molecule has 1 aliphatic rings. The number of hydrogen-bond acceptors (Lipinski definition) is 6. The minimum absolute atomic E-state index is 0.0902. The van der Waals surface area contributed by atoms with Gasteiger partial charge in [-0.25, -0.2) is 0 Å². The Morgan fingerprint density at radius 1 is 1.14 bits per heavy atom. The molecule has 1 aliphatic heterocycles. The van der Waals surface area contributed by atoms with Gasteiger partial charge in [0.15, 0.2) is 5.82 Å². The van der Waals surface area contributed by atoms with Crippen LogP contribution >= 0.6 is 0 Å². The van der Waals surface area contributed by atoms with Crippen LogP contribution in [0.4, 0.5) is 0 Å². The van der Waals surface area contributed by atoms with Crippen molar-refractivity contribution in [3.63, 3.8) is 0 Å². The molecule has 0 radical (unpaired) electrons. The van der Waals surface area contributed by atoms with E-state index in [1.807, 2.05) is 34.8 Å². The number of benzene rings is 1. The molecule has 29 heavy (non-hydrogen) atoms. The number of nitrogens with one attached hydrogen (secondary N) is 1. The smallest absolute Gasteiger partial charge is 0.271 e. The molecule has 0 unspecified atom stereocenters. The molecule has 5 rings (SSSR count). The third-order valence-corrected chi connectivity index (χ3v) is 5.19. The number of aromatic nitrogens is 8. The lowest BCUT2D eigenvalue weighted by atomic mass is 10.0. The molecule has 0 fully saturated rings. The first-order valence-corrected chi connectivity index (χ1v) is 9.39. The van der Waals surface area contributed by atoms with Crippen LogP contribution in [0.2, 0.25) is 0 Å². The summed E-state index contributed by atoms with van der Waals surface area (Å²) in [5.41, 5.74) is 4.95. The fourth-order valence-corrected chi connectivity index (χ4v) is 3.82. The number of amides is 1. The van der Waals surface area contributed by atoms with Crippen molar-refractivity contribution in [3.8, 4) is 17.1 Å². The maximum Gasteiger partial charge on any atom is 0.271 e. The number of tetrazole rings is 1. The Morgan fingerprint density at radius 3 is 2.76 bits per heavy atom. The third kappa shape index (κ3) is 3.08. The van der Waals surface area contributed by atoms with Gasteiger partial charge in [0.05, 0.1) is 11.4 Å². The summed E-state index contributed by atoms with van der Waals surface area (Å²) < 4.78 is 3.35. The van der Waals surface area contributed by atoms with Crippen LogP contribution in [0.3, 0.4) is 0 Å². The van der Waals surface area contributed by atoms with Gasteiger partial charge in [-0.1, -0.05) is 30.3 Å². The molecule has 0 atom stereocenters. The quantitative estimate of drug-likeness (QED) is 0.560. The van der Waals surface area contributed by atoms with Crippen molar-refractivity contribution < 1.29 is 4.79 Å². The zero-order chi connectivity index (χ0) is 19.8. The van der Waals surface area contributed by atoms with E-state index in [0.717, 1.165) is 29.8 Å². The summed E-state index contributed by atoms with van der Waals surface area (Å²) in [5, 5.41) is 22.6. The van der Waals surface area contributed by atoms with Crippen LogP contribution in [0, 0.1) is 0 Å². The van der Waals surface area contributed by atoms with E-state index in [2.05, 4.69) is 37.9 Å². The van der Waals surface area contributed by atoms with Crippen molar-refractivity contribution in [2.24, 2.45) is 7.05 Å². The summed E-state index contributed by atoms with van der Waals surface area (Å²) in [6.07, 6.45) is 2.91. The molecule has 3 aromatic heterocycles. The fourth-order valence-electron chi connectivity index (χ4n) is 3.82. The molecular formula is C19H19N9O. The van der Waals surface area contributed by atoms with E-state index in [-0.39, 0.29) is 5.91 Å². The van der Waals surface area contributed by atoms with E-state index < -0.39 is 0 Å². The first kappa shape index (κ1) is 17.3.